The highest BCUT2D eigenvalue weighted by atomic mass is 32.1. The summed E-state index contributed by atoms with van der Waals surface area (Å²) in [5, 5.41) is 6.24. The molecule has 0 saturated carbocycles. The van der Waals surface area contributed by atoms with Crippen molar-refractivity contribution < 1.29 is 11.3 Å². The summed E-state index contributed by atoms with van der Waals surface area (Å²) in [5.74, 6) is 0. The smallest absolute Gasteiger partial charge is 0.159 e. The summed E-state index contributed by atoms with van der Waals surface area (Å²) in [5.41, 5.74) is 9.40. The second kappa shape index (κ2) is 12.9. The molecular formula is C52H33NOS. The summed E-state index contributed by atoms with van der Waals surface area (Å²) in [6.07, 6.45) is 0. The molecule has 0 atom stereocenters. The summed E-state index contributed by atoms with van der Waals surface area (Å²) >= 11 is 1.80. The highest BCUT2D eigenvalue weighted by Crippen LogP contribution is 2.46. The van der Waals surface area contributed by atoms with Gasteiger partial charge in [0.25, 0.3) is 0 Å². The van der Waals surface area contributed by atoms with E-state index in [1.165, 1.54) is 20.2 Å². The van der Waals surface area contributed by atoms with Crippen LogP contribution in [0.2, 0.25) is 0 Å². The molecule has 258 valence electrons. The van der Waals surface area contributed by atoms with Crippen molar-refractivity contribution in [2.45, 2.75) is 0 Å². The van der Waals surface area contributed by atoms with Gasteiger partial charge in [-0.1, -0.05) is 158 Å². The second-order valence-corrected chi connectivity index (χ2v) is 14.8. The van der Waals surface area contributed by atoms with Crippen molar-refractivity contribution in [1.29, 1.82) is 0 Å². The second-order valence-electron chi connectivity index (χ2n) is 13.7. The maximum absolute atomic E-state index is 8.69. The molecule has 3 heteroatoms. The molecule has 0 radical (unpaired) electrons. The van der Waals surface area contributed by atoms with Gasteiger partial charge >= 0.3 is 0 Å². The third kappa shape index (κ3) is 5.24. The van der Waals surface area contributed by atoms with Gasteiger partial charge in [0.15, 0.2) is 5.58 Å². The molecule has 0 aliphatic rings. The average molecular weight is 725 g/mol. The first kappa shape index (κ1) is 26.8. The highest BCUT2D eigenvalue weighted by molar-refractivity contribution is 7.25. The first-order chi connectivity index (χ1) is 29.4. The Hall–Kier alpha value is -6.94. The molecule has 9 aromatic carbocycles. The van der Waals surface area contributed by atoms with Crippen LogP contribution in [-0.4, -0.2) is 0 Å². The van der Waals surface area contributed by atoms with Crippen LogP contribution in [0.5, 0.6) is 0 Å². The van der Waals surface area contributed by atoms with E-state index in [-0.39, 0.29) is 29.7 Å². The highest BCUT2D eigenvalue weighted by Gasteiger charge is 2.22. The number of hydrogen-bond donors (Lipinski definition) is 0. The summed E-state index contributed by atoms with van der Waals surface area (Å²) < 4.78 is 51.6. The van der Waals surface area contributed by atoms with Crippen molar-refractivity contribution in [3.05, 3.63) is 200 Å². The third-order valence-corrected chi connectivity index (χ3v) is 11.7. The lowest BCUT2D eigenvalue weighted by Crippen LogP contribution is -2.10. The predicted molar refractivity (Wildman–Crippen MR) is 235 cm³/mol. The number of para-hydroxylation sites is 2. The van der Waals surface area contributed by atoms with Gasteiger partial charge in [-0.05, 0) is 81.1 Å². The van der Waals surface area contributed by atoms with Crippen molar-refractivity contribution in [1.82, 2.24) is 0 Å². The van der Waals surface area contributed by atoms with E-state index in [4.69, 9.17) is 11.3 Å². The maximum atomic E-state index is 8.69. The molecule has 11 aromatic rings. The lowest BCUT2D eigenvalue weighted by atomic mass is 9.92. The molecule has 0 N–H and O–H groups in total. The van der Waals surface area contributed by atoms with Gasteiger partial charge in [-0.15, -0.1) is 11.3 Å². The molecule has 0 fully saturated rings. The Kier molecular flexibility index (Phi) is 6.27. The Morgan fingerprint density at radius 2 is 1.00 bits per heavy atom. The van der Waals surface area contributed by atoms with Crippen molar-refractivity contribution >= 4 is 81.3 Å². The van der Waals surface area contributed by atoms with Gasteiger partial charge in [0.2, 0.25) is 0 Å². The lowest BCUT2D eigenvalue weighted by molar-refractivity contribution is 0.670. The molecule has 0 saturated heterocycles. The van der Waals surface area contributed by atoms with Gasteiger partial charge in [-0.3, -0.25) is 0 Å². The average Bonchev–Trinajstić information content (AvgIpc) is 3.87. The van der Waals surface area contributed by atoms with E-state index in [0.29, 0.717) is 5.56 Å². The van der Waals surface area contributed by atoms with Crippen LogP contribution in [0.4, 0.5) is 17.1 Å². The van der Waals surface area contributed by atoms with Gasteiger partial charge in [-0.2, -0.15) is 0 Å². The van der Waals surface area contributed by atoms with Gasteiger partial charge in [0.1, 0.15) is 5.58 Å². The summed E-state index contributed by atoms with van der Waals surface area (Å²) in [7, 11) is 0. The van der Waals surface area contributed by atoms with E-state index in [0.717, 1.165) is 72.0 Å². The van der Waals surface area contributed by atoms with Crippen LogP contribution in [0.1, 0.15) is 6.85 Å². The standard InChI is InChI=1S/C52H33NOS/c1-3-13-34(14-4-1)39-30-31-40(43-18-8-7-17-42(39)43)36-25-27-37(28-26-36)53(38-29-32-50-47(33-38)44-19-9-10-24-49(44)55-50)48-23-12-22-46-45-21-11-20-41(51(45)54-52(46)48)35-15-5-2-6-16-35/h1-33H/i1D,3D,4D,13D,14D. The number of hydrogen-bond acceptors (Lipinski definition) is 3. The zero-order valence-corrected chi connectivity index (χ0v) is 30.2. The number of fused-ring (bicyclic) bond motifs is 7. The minimum Gasteiger partial charge on any atom is -0.453 e. The van der Waals surface area contributed by atoms with Gasteiger partial charge in [-0.25, -0.2) is 0 Å². The van der Waals surface area contributed by atoms with Gasteiger partial charge in [0, 0.05) is 47.9 Å². The zero-order valence-electron chi connectivity index (χ0n) is 34.4. The molecule has 0 amide bonds. The fourth-order valence-corrected chi connectivity index (χ4v) is 9.14. The summed E-state index contributed by atoms with van der Waals surface area (Å²) in [6, 6.07) is 57.0. The van der Waals surface area contributed by atoms with Crippen LogP contribution in [0.15, 0.2) is 204 Å². The van der Waals surface area contributed by atoms with E-state index in [1.54, 1.807) is 11.3 Å². The molecule has 2 nitrogen and oxygen atoms in total. The Bertz CT molecular complexity index is 3470. The zero-order chi connectivity index (χ0) is 40.6. The molecule has 0 aliphatic heterocycles. The van der Waals surface area contributed by atoms with Crippen LogP contribution in [0, 0.1) is 0 Å². The van der Waals surface area contributed by atoms with Crippen molar-refractivity contribution in [3.63, 3.8) is 0 Å². The molecule has 2 aromatic heterocycles. The van der Waals surface area contributed by atoms with E-state index in [2.05, 4.69) is 132 Å². The summed E-state index contributed by atoms with van der Waals surface area (Å²) in [6.45, 7) is 0. The normalized spacial score (nSPS) is 12.9. The molecule has 2 heterocycles. The first-order valence-electron chi connectivity index (χ1n) is 20.8. The topological polar surface area (TPSA) is 16.4 Å². The largest absolute Gasteiger partial charge is 0.453 e. The van der Waals surface area contributed by atoms with Crippen molar-refractivity contribution in [2.75, 3.05) is 4.90 Å². The van der Waals surface area contributed by atoms with E-state index in [1.807, 2.05) is 42.5 Å². The molecular weight excluding hydrogens is 687 g/mol. The Morgan fingerprint density at radius 1 is 0.400 bits per heavy atom. The Labute approximate surface area is 329 Å². The van der Waals surface area contributed by atoms with E-state index < -0.39 is 6.04 Å². The number of benzene rings is 9. The molecule has 55 heavy (non-hydrogen) atoms. The Morgan fingerprint density at radius 3 is 1.78 bits per heavy atom. The molecule has 0 unspecified atom stereocenters. The van der Waals surface area contributed by atoms with E-state index in [9.17, 15) is 0 Å². The third-order valence-electron chi connectivity index (χ3n) is 10.6. The van der Waals surface area contributed by atoms with Gasteiger partial charge < -0.3 is 9.32 Å². The van der Waals surface area contributed by atoms with Crippen LogP contribution in [-0.2, 0) is 0 Å². The van der Waals surface area contributed by atoms with E-state index >= 15 is 0 Å². The SMILES string of the molecule is [2H]c1c([2H])c([2H])c(-c2ccc(-c3ccc(N(c4ccc5sc6ccccc6c5c4)c4cccc5c4oc4c(-c6ccccc6)cccc45)cc3)c3ccccc23)c([2H])c1[2H]. The maximum Gasteiger partial charge on any atom is 0.159 e. The number of thiophene rings is 1. The van der Waals surface area contributed by atoms with Crippen molar-refractivity contribution in [2.24, 2.45) is 0 Å². The molecule has 0 aliphatic carbocycles. The van der Waals surface area contributed by atoms with Gasteiger partial charge in [0.05, 0.1) is 12.5 Å². The van der Waals surface area contributed by atoms with Crippen molar-refractivity contribution in [3.8, 4) is 33.4 Å². The minimum atomic E-state index is -0.402. The molecule has 0 bridgehead atoms. The Balaban J connectivity index is 1.09. The fourth-order valence-electron chi connectivity index (χ4n) is 8.05. The number of nitrogens with zero attached hydrogens (tertiary/aromatic N) is 1. The number of furan rings is 1. The van der Waals surface area contributed by atoms with Crippen LogP contribution in [0.25, 0.3) is 86.3 Å². The fraction of sp³-hybridized carbons (Fsp3) is 0. The quantitative estimate of drug-likeness (QED) is 0.170. The van der Waals surface area contributed by atoms with Crippen LogP contribution >= 0.6 is 11.3 Å². The first-order valence-corrected chi connectivity index (χ1v) is 19.1. The van der Waals surface area contributed by atoms with Crippen LogP contribution in [0.3, 0.4) is 0 Å². The predicted octanol–water partition coefficient (Wildman–Crippen LogP) is 15.6. The molecule has 11 rings (SSSR count). The minimum absolute atomic E-state index is 0.195. The monoisotopic (exact) mass is 724 g/mol. The number of anilines is 3. The number of rotatable bonds is 6. The summed E-state index contributed by atoms with van der Waals surface area (Å²) in [4.78, 5) is 2.28. The lowest BCUT2D eigenvalue weighted by Gasteiger charge is -2.26. The molecule has 0 spiro atoms. The van der Waals surface area contributed by atoms with Crippen LogP contribution < -0.4 is 4.90 Å².